The van der Waals surface area contributed by atoms with Crippen LogP contribution in [0.25, 0.3) is 0 Å². The third-order valence-corrected chi connectivity index (χ3v) is 2.43. The Balaban J connectivity index is 2.19. The van der Waals surface area contributed by atoms with Crippen LogP contribution >= 0.6 is 11.6 Å². The molecule has 0 bridgehead atoms. The number of halogens is 1. The zero-order valence-corrected chi connectivity index (χ0v) is 9.46. The van der Waals surface area contributed by atoms with Crippen LogP contribution in [-0.2, 0) is 13.6 Å². The predicted octanol–water partition coefficient (Wildman–Crippen LogP) is 1.31. The maximum Gasteiger partial charge on any atom is 0.140 e. The Morgan fingerprint density at radius 1 is 1.64 bits per heavy atom. The second-order valence-electron chi connectivity index (χ2n) is 3.32. The summed E-state index contributed by atoms with van der Waals surface area (Å²) in [7, 11) is 1.88. The zero-order chi connectivity index (χ0) is 10.4. The monoisotopic (exact) mass is 216 g/mol. The highest BCUT2D eigenvalue weighted by atomic mass is 35.5. The fourth-order valence-corrected chi connectivity index (χ4v) is 1.56. The zero-order valence-electron chi connectivity index (χ0n) is 8.70. The highest BCUT2D eigenvalue weighted by Gasteiger charge is 2.04. The van der Waals surface area contributed by atoms with Gasteiger partial charge in [0, 0.05) is 19.0 Å². The molecule has 0 spiro atoms. The van der Waals surface area contributed by atoms with E-state index in [0.717, 1.165) is 31.8 Å². The van der Waals surface area contributed by atoms with Crippen molar-refractivity contribution in [1.29, 1.82) is 0 Å². The number of alkyl halides is 1. The van der Waals surface area contributed by atoms with Crippen molar-refractivity contribution in [2.75, 3.05) is 6.54 Å². The lowest BCUT2D eigenvalue weighted by Crippen LogP contribution is -2.24. The molecule has 80 valence electrons. The molecule has 0 fully saturated rings. The van der Waals surface area contributed by atoms with Gasteiger partial charge in [-0.1, -0.05) is 13.3 Å². The lowest BCUT2D eigenvalue weighted by molar-refractivity contribution is 0.585. The van der Waals surface area contributed by atoms with Gasteiger partial charge in [-0.15, -0.1) is 11.6 Å². The SMILES string of the molecule is CCCC(Cl)CNCc1ncnn1C. The molecule has 5 heteroatoms. The predicted molar refractivity (Wildman–Crippen MR) is 57.3 cm³/mol. The van der Waals surface area contributed by atoms with Crippen molar-refractivity contribution in [3.05, 3.63) is 12.2 Å². The molecule has 1 atom stereocenters. The molecule has 0 radical (unpaired) electrons. The first-order valence-corrected chi connectivity index (χ1v) is 5.35. The molecule has 1 rings (SSSR count). The van der Waals surface area contributed by atoms with Crippen LogP contribution in [0.2, 0.25) is 0 Å². The van der Waals surface area contributed by atoms with Gasteiger partial charge in [-0.2, -0.15) is 5.10 Å². The molecule has 1 aromatic heterocycles. The minimum absolute atomic E-state index is 0.216. The van der Waals surface area contributed by atoms with E-state index in [1.54, 1.807) is 11.0 Å². The van der Waals surface area contributed by atoms with E-state index >= 15 is 0 Å². The summed E-state index contributed by atoms with van der Waals surface area (Å²) < 4.78 is 1.76. The summed E-state index contributed by atoms with van der Waals surface area (Å²) in [6.45, 7) is 3.68. The van der Waals surface area contributed by atoms with Crippen LogP contribution in [0.4, 0.5) is 0 Å². The molecule has 1 aromatic rings. The molecule has 0 aliphatic rings. The summed E-state index contributed by atoms with van der Waals surface area (Å²) >= 11 is 6.06. The molecule has 0 amide bonds. The van der Waals surface area contributed by atoms with Crippen LogP contribution in [0.1, 0.15) is 25.6 Å². The van der Waals surface area contributed by atoms with Crippen molar-refractivity contribution < 1.29 is 0 Å². The van der Waals surface area contributed by atoms with Gasteiger partial charge in [0.1, 0.15) is 12.2 Å². The standard InChI is InChI=1S/C9H17ClN4/c1-3-4-8(10)5-11-6-9-12-7-13-14(9)2/h7-8,11H,3-6H2,1-2H3. The maximum absolute atomic E-state index is 6.06. The van der Waals surface area contributed by atoms with Gasteiger partial charge in [0.2, 0.25) is 0 Å². The smallest absolute Gasteiger partial charge is 0.140 e. The largest absolute Gasteiger partial charge is 0.308 e. The second-order valence-corrected chi connectivity index (χ2v) is 3.93. The van der Waals surface area contributed by atoms with Gasteiger partial charge in [0.05, 0.1) is 6.54 Å². The summed E-state index contributed by atoms with van der Waals surface area (Å²) in [6.07, 6.45) is 3.73. The van der Waals surface area contributed by atoms with E-state index in [1.165, 1.54) is 0 Å². The fourth-order valence-electron chi connectivity index (χ4n) is 1.24. The number of hydrogen-bond donors (Lipinski definition) is 1. The van der Waals surface area contributed by atoms with Crippen LogP contribution in [0.5, 0.6) is 0 Å². The first-order valence-electron chi connectivity index (χ1n) is 4.91. The third-order valence-electron chi connectivity index (χ3n) is 2.06. The first-order chi connectivity index (χ1) is 6.74. The molecule has 0 aliphatic carbocycles. The van der Waals surface area contributed by atoms with Crippen LogP contribution in [0.3, 0.4) is 0 Å². The van der Waals surface area contributed by atoms with Crippen LogP contribution in [0.15, 0.2) is 6.33 Å². The molecule has 1 heterocycles. The highest BCUT2D eigenvalue weighted by molar-refractivity contribution is 6.20. The molecule has 4 nitrogen and oxygen atoms in total. The molecule has 14 heavy (non-hydrogen) atoms. The molecule has 0 saturated heterocycles. The van der Waals surface area contributed by atoms with E-state index in [0.29, 0.717) is 0 Å². The summed E-state index contributed by atoms with van der Waals surface area (Å²) in [5.74, 6) is 0.936. The van der Waals surface area contributed by atoms with Crippen molar-refractivity contribution in [2.24, 2.45) is 7.05 Å². The van der Waals surface area contributed by atoms with Crippen LogP contribution < -0.4 is 5.32 Å². The highest BCUT2D eigenvalue weighted by Crippen LogP contribution is 2.03. The fraction of sp³-hybridized carbons (Fsp3) is 0.778. The Kier molecular flexibility index (Phi) is 4.90. The van der Waals surface area contributed by atoms with Crippen molar-refractivity contribution in [3.8, 4) is 0 Å². The first kappa shape index (κ1) is 11.5. The van der Waals surface area contributed by atoms with Gasteiger partial charge in [-0.3, -0.25) is 4.68 Å². The Hall–Kier alpha value is -0.610. The van der Waals surface area contributed by atoms with E-state index in [1.807, 2.05) is 7.05 Å². The number of aromatic nitrogens is 3. The van der Waals surface area contributed by atoms with Crippen LogP contribution in [-0.4, -0.2) is 26.7 Å². The van der Waals surface area contributed by atoms with Gasteiger partial charge >= 0.3 is 0 Å². The van der Waals surface area contributed by atoms with Gasteiger partial charge in [0.25, 0.3) is 0 Å². The van der Waals surface area contributed by atoms with Crippen LogP contribution in [0, 0.1) is 0 Å². The molecule has 0 aliphatic heterocycles. The molecule has 0 aromatic carbocycles. The average Bonchev–Trinajstić information content (AvgIpc) is 2.52. The van der Waals surface area contributed by atoms with Gasteiger partial charge in [-0.25, -0.2) is 4.98 Å². The van der Waals surface area contributed by atoms with Gasteiger partial charge in [0.15, 0.2) is 0 Å². The number of hydrogen-bond acceptors (Lipinski definition) is 3. The molecule has 1 N–H and O–H groups in total. The Labute approximate surface area is 89.7 Å². The van der Waals surface area contributed by atoms with E-state index < -0.39 is 0 Å². The van der Waals surface area contributed by atoms with E-state index in [-0.39, 0.29) is 5.38 Å². The van der Waals surface area contributed by atoms with E-state index in [9.17, 15) is 0 Å². The summed E-state index contributed by atoms with van der Waals surface area (Å²) in [6, 6.07) is 0. The summed E-state index contributed by atoms with van der Waals surface area (Å²) in [5, 5.41) is 7.46. The topological polar surface area (TPSA) is 42.7 Å². The van der Waals surface area contributed by atoms with Crippen molar-refractivity contribution in [2.45, 2.75) is 31.7 Å². The lowest BCUT2D eigenvalue weighted by atomic mass is 10.2. The van der Waals surface area contributed by atoms with Crippen molar-refractivity contribution in [1.82, 2.24) is 20.1 Å². The normalized spacial score (nSPS) is 13.1. The summed E-state index contributed by atoms with van der Waals surface area (Å²) in [5.41, 5.74) is 0. The lowest BCUT2D eigenvalue weighted by Gasteiger charge is -2.08. The molecular weight excluding hydrogens is 200 g/mol. The summed E-state index contributed by atoms with van der Waals surface area (Å²) in [4.78, 5) is 4.10. The van der Waals surface area contributed by atoms with E-state index in [4.69, 9.17) is 11.6 Å². The quantitative estimate of drug-likeness (QED) is 0.730. The second kappa shape index (κ2) is 5.98. The Morgan fingerprint density at radius 2 is 2.43 bits per heavy atom. The minimum atomic E-state index is 0.216. The van der Waals surface area contributed by atoms with Crippen molar-refractivity contribution in [3.63, 3.8) is 0 Å². The van der Waals surface area contributed by atoms with Gasteiger partial charge < -0.3 is 5.32 Å². The number of nitrogens with zero attached hydrogens (tertiary/aromatic N) is 3. The number of aryl methyl sites for hydroxylation is 1. The molecule has 1 unspecified atom stereocenters. The Bertz CT molecular complexity index is 261. The number of rotatable bonds is 6. The van der Waals surface area contributed by atoms with E-state index in [2.05, 4.69) is 22.3 Å². The number of nitrogens with one attached hydrogen (secondary N) is 1. The maximum atomic E-state index is 6.06. The third kappa shape index (κ3) is 3.64. The molecular formula is C9H17ClN4. The van der Waals surface area contributed by atoms with Crippen molar-refractivity contribution >= 4 is 11.6 Å². The average molecular weight is 217 g/mol. The molecule has 0 saturated carbocycles. The Morgan fingerprint density at radius 3 is 3.00 bits per heavy atom. The minimum Gasteiger partial charge on any atom is -0.308 e. The van der Waals surface area contributed by atoms with Gasteiger partial charge in [-0.05, 0) is 6.42 Å².